The van der Waals surface area contributed by atoms with Crippen LogP contribution in [0.2, 0.25) is 0 Å². The van der Waals surface area contributed by atoms with Gasteiger partial charge in [-0.15, -0.1) is 0 Å². The molecule has 0 aliphatic carbocycles. The van der Waals surface area contributed by atoms with Gasteiger partial charge in [0.15, 0.2) is 0 Å². The number of likely N-dealkylation sites (tertiary alicyclic amines) is 2. The summed E-state index contributed by atoms with van der Waals surface area (Å²) in [4.78, 5) is 28.3. The molecular formula is C25H32N4O4. The zero-order valence-electron chi connectivity index (χ0n) is 18.7. The van der Waals surface area contributed by atoms with Gasteiger partial charge in [0.2, 0.25) is 11.8 Å². The van der Waals surface area contributed by atoms with Crippen LogP contribution in [0.15, 0.2) is 48.5 Å². The van der Waals surface area contributed by atoms with Crippen LogP contribution in [-0.4, -0.2) is 83.3 Å². The Balaban J connectivity index is 1.22. The average molecular weight is 453 g/mol. The molecule has 8 nitrogen and oxygen atoms in total. The van der Waals surface area contributed by atoms with Gasteiger partial charge >= 0.3 is 0 Å². The smallest absolute Gasteiger partial charge is 0.238 e. The highest BCUT2D eigenvalue weighted by molar-refractivity contribution is 5.92. The number of nitrogens with one attached hydrogen (secondary N) is 2. The molecule has 0 radical (unpaired) electrons. The summed E-state index contributed by atoms with van der Waals surface area (Å²) >= 11 is 0. The van der Waals surface area contributed by atoms with Crippen molar-refractivity contribution in [3.8, 4) is 0 Å². The number of anilines is 2. The molecule has 2 fully saturated rings. The van der Waals surface area contributed by atoms with Crippen LogP contribution in [0.5, 0.6) is 0 Å². The molecule has 2 heterocycles. The summed E-state index contributed by atoms with van der Waals surface area (Å²) in [5.74, 6) is -0.147. The van der Waals surface area contributed by atoms with Gasteiger partial charge in [0.25, 0.3) is 0 Å². The molecule has 8 heteroatoms. The van der Waals surface area contributed by atoms with Gasteiger partial charge in [-0.3, -0.25) is 19.4 Å². The lowest BCUT2D eigenvalue weighted by Gasteiger charge is -2.15. The summed E-state index contributed by atoms with van der Waals surface area (Å²) in [6.45, 7) is 3.19. The molecule has 176 valence electrons. The normalized spacial score (nSPS) is 21.3. The zero-order valence-corrected chi connectivity index (χ0v) is 18.7. The third-order valence-corrected chi connectivity index (χ3v) is 6.11. The highest BCUT2D eigenvalue weighted by Gasteiger charge is 2.22. The minimum absolute atomic E-state index is 0.0737. The first-order valence-electron chi connectivity index (χ1n) is 11.5. The minimum atomic E-state index is -0.327. The summed E-state index contributed by atoms with van der Waals surface area (Å²) in [6, 6.07) is 15.6. The SMILES string of the molecule is O=C(CN1CC[C@H](O)C1)Nc1ccc(Cc2ccc(NC(=O)CN3CC[C@H](O)C3)cc2)cc1. The van der Waals surface area contributed by atoms with Crippen molar-refractivity contribution in [3.05, 3.63) is 59.7 Å². The molecule has 2 amide bonds. The fourth-order valence-corrected chi connectivity index (χ4v) is 4.37. The van der Waals surface area contributed by atoms with Crippen LogP contribution < -0.4 is 10.6 Å². The van der Waals surface area contributed by atoms with Crippen molar-refractivity contribution >= 4 is 23.2 Å². The van der Waals surface area contributed by atoms with E-state index in [9.17, 15) is 19.8 Å². The molecule has 0 aromatic heterocycles. The van der Waals surface area contributed by atoms with Crippen molar-refractivity contribution in [2.45, 2.75) is 31.5 Å². The van der Waals surface area contributed by atoms with Gasteiger partial charge < -0.3 is 20.8 Å². The van der Waals surface area contributed by atoms with E-state index in [1.54, 1.807) is 0 Å². The largest absolute Gasteiger partial charge is 0.392 e. The van der Waals surface area contributed by atoms with E-state index >= 15 is 0 Å². The zero-order chi connectivity index (χ0) is 23.2. The Morgan fingerprint density at radius 1 is 0.727 bits per heavy atom. The number of hydrogen-bond donors (Lipinski definition) is 4. The topological polar surface area (TPSA) is 105 Å². The molecule has 2 aromatic rings. The third-order valence-electron chi connectivity index (χ3n) is 6.11. The quantitative estimate of drug-likeness (QED) is 0.481. The predicted molar refractivity (Wildman–Crippen MR) is 127 cm³/mol. The average Bonchev–Trinajstić information content (AvgIpc) is 3.38. The fraction of sp³-hybridized carbons (Fsp3) is 0.440. The molecule has 2 aromatic carbocycles. The maximum Gasteiger partial charge on any atom is 0.238 e. The van der Waals surface area contributed by atoms with Crippen molar-refractivity contribution in [2.75, 3.05) is 49.9 Å². The van der Waals surface area contributed by atoms with Crippen LogP contribution in [0.1, 0.15) is 24.0 Å². The lowest BCUT2D eigenvalue weighted by molar-refractivity contribution is -0.118. The second kappa shape index (κ2) is 10.9. The summed E-state index contributed by atoms with van der Waals surface area (Å²) < 4.78 is 0. The Hall–Kier alpha value is -2.78. The molecule has 2 atom stereocenters. The number of carbonyl (C=O) groups excluding carboxylic acids is 2. The molecule has 0 unspecified atom stereocenters. The lowest BCUT2D eigenvalue weighted by atomic mass is 10.0. The predicted octanol–water partition coefficient (Wildman–Crippen LogP) is 1.29. The molecule has 4 N–H and O–H groups in total. The highest BCUT2D eigenvalue weighted by atomic mass is 16.3. The maximum absolute atomic E-state index is 12.2. The Morgan fingerprint density at radius 3 is 1.45 bits per heavy atom. The van der Waals surface area contributed by atoms with E-state index in [0.29, 0.717) is 26.2 Å². The molecule has 4 rings (SSSR count). The first-order chi connectivity index (χ1) is 15.9. The Kier molecular flexibility index (Phi) is 7.72. The van der Waals surface area contributed by atoms with Crippen molar-refractivity contribution in [1.82, 2.24) is 9.80 Å². The van der Waals surface area contributed by atoms with Crippen molar-refractivity contribution in [2.24, 2.45) is 0 Å². The number of β-amino-alcohol motifs (C(OH)–C–C–N with tert-alkyl or cyclic N) is 2. The molecule has 0 spiro atoms. The van der Waals surface area contributed by atoms with Gasteiger partial charge in [0.1, 0.15) is 0 Å². The number of nitrogens with zero attached hydrogens (tertiary/aromatic N) is 2. The van der Waals surface area contributed by atoms with E-state index in [1.807, 2.05) is 58.3 Å². The van der Waals surface area contributed by atoms with E-state index in [2.05, 4.69) is 10.6 Å². The van der Waals surface area contributed by atoms with E-state index in [0.717, 1.165) is 54.9 Å². The number of benzene rings is 2. The molecular weight excluding hydrogens is 420 g/mol. The first kappa shape index (κ1) is 23.4. The summed E-state index contributed by atoms with van der Waals surface area (Å²) in [5, 5.41) is 24.9. The molecule has 0 bridgehead atoms. The van der Waals surface area contributed by atoms with Crippen LogP contribution in [-0.2, 0) is 16.0 Å². The first-order valence-corrected chi connectivity index (χ1v) is 11.5. The summed E-state index contributed by atoms with van der Waals surface area (Å²) in [5.41, 5.74) is 3.76. The third kappa shape index (κ3) is 7.10. The van der Waals surface area contributed by atoms with Crippen LogP contribution >= 0.6 is 0 Å². The molecule has 0 saturated carbocycles. The van der Waals surface area contributed by atoms with E-state index in [-0.39, 0.29) is 24.0 Å². The van der Waals surface area contributed by atoms with Crippen LogP contribution in [0.3, 0.4) is 0 Å². The van der Waals surface area contributed by atoms with Crippen LogP contribution in [0.4, 0.5) is 11.4 Å². The number of amides is 2. The Morgan fingerprint density at radius 2 is 1.12 bits per heavy atom. The minimum Gasteiger partial charge on any atom is -0.392 e. The van der Waals surface area contributed by atoms with Gasteiger partial charge in [0.05, 0.1) is 25.3 Å². The highest BCUT2D eigenvalue weighted by Crippen LogP contribution is 2.17. The summed E-state index contributed by atoms with van der Waals surface area (Å²) in [6.07, 6.45) is 1.54. The molecule has 2 aliphatic heterocycles. The van der Waals surface area contributed by atoms with Gasteiger partial charge in [-0.1, -0.05) is 24.3 Å². The van der Waals surface area contributed by atoms with Crippen molar-refractivity contribution in [1.29, 1.82) is 0 Å². The standard InChI is InChI=1S/C25H32N4O4/c30-22-9-11-28(14-22)16-24(32)26-20-5-1-18(2-6-20)13-19-3-7-21(8-4-19)27-25(33)17-29-12-10-23(31)15-29/h1-8,22-23,30-31H,9-17H2,(H,26,32)(H,27,33)/t22-,23-/m0/s1. The van der Waals surface area contributed by atoms with Gasteiger partial charge in [-0.05, 0) is 54.7 Å². The fourth-order valence-electron chi connectivity index (χ4n) is 4.37. The van der Waals surface area contributed by atoms with Crippen molar-refractivity contribution < 1.29 is 19.8 Å². The Labute approximate surface area is 194 Å². The maximum atomic E-state index is 12.2. The number of hydrogen-bond acceptors (Lipinski definition) is 6. The number of aliphatic hydroxyl groups is 2. The monoisotopic (exact) mass is 452 g/mol. The Bertz CT molecular complexity index is 870. The number of rotatable bonds is 8. The van der Waals surface area contributed by atoms with Gasteiger partial charge in [-0.25, -0.2) is 0 Å². The molecule has 2 aliphatic rings. The second-order valence-corrected chi connectivity index (χ2v) is 9.02. The van der Waals surface area contributed by atoms with E-state index in [1.165, 1.54) is 0 Å². The lowest BCUT2D eigenvalue weighted by Crippen LogP contribution is -2.32. The van der Waals surface area contributed by atoms with Crippen LogP contribution in [0.25, 0.3) is 0 Å². The number of carbonyl (C=O) groups is 2. The number of aliphatic hydroxyl groups excluding tert-OH is 2. The molecule has 2 saturated heterocycles. The van der Waals surface area contributed by atoms with Gasteiger partial charge in [-0.2, -0.15) is 0 Å². The summed E-state index contributed by atoms with van der Waals surface area (Å²) in [7, 11) is 0. The van der Waals surface area contributed by atoms with E-state index < -0.39 is 0 Å². The molecule has 33 heavy (non-hydrogen) atoms. The van der Waals surface area contributed by atoms with Crippen molar-refractivity contribution in [3.63, 3.8) is 0 Å². The second-order valence-electron chi connectivity index (χ2n) is 9.02. The van der Waals surface area contributed by atoms with E-state index in [4.69, 9.17) is 0 Å². The van der Waals surface area contributed by atoms with Crippen LogP contribution in [0, 0.1) is 0 Å². The van der Waals surface area contributed by atoms with Gasteiger partial charge in [0, 0.05) is 37.6 Å².